The Kier molecular flexibility index (Phi) is 4.71. The quantitative estimate of drug-likeness (QED) is 0.843. The number of hydrogen-bond donors (Lipinski definition) is 0. The van der Waals surface area contributed by atoms with Gasteiger partial charge in [-0.2, -0.15) is 5.10 Å². The summed E-state index contributed by atoms with van der Waals surface area (Å²) in [6.07, 6.45) is 3.78. The molecule has 1 unspecified atom stereocenters. The number of amides is 1. The molecule has 7 heteroatoms. The summed E-state index contributed by atoms with van der Waals surface area (Å²) in [5.41, 5.74) is 1.97. The molecule has 3 rings (SSSR count). The van der Waals surface area contributed by atoms with Crippen LogP contribution in [-0.4, -0.2) is 61.2 Å². The number of carbonyl (C=O) groups excluding carboxylic acids is 1. The van der Waals surface area contributed by atoms with Crippen molar-refractivity contribution in [3.63, 3.8) is 0 Å². The standard InChI is InChI=1S/C17H26N6O/c1-5-21-8-9-22(11-15(21)17-18-6-7-20(17)4)16(24)12-23-14(3)10-13(2)19-23/h6-7,10,15H,5,8-9,11-12H2,1-4H3. The maximum absolute atomic E-state index is 12.7. The number of hydrogen-bond acceptors (Lipinski definition) is 4. The van der Waals surface area contributed by atoms with E-state index in [1.54, 1.807) is 4.68 Å². The molecule has 0 N–H and O–H groups in total. The molecule has 0 aromatic carbocycles. The fraction of sp³-hybridized carbons (Fsp3) is 0.588. The minimum absolute atomic E-state index is 0.121. The zero-order chi connectivity index (χ0) is 17.3. The van der Waals surface area contributed by atoms with Crippen molar-refractivity contribution in [3.05, 3.63) is 35.7 Å². The predicted molar refractivity (Wildman–Crippen MR) is 91.5 cm³/mol. The fourth-order valence-corrected chi connectivity index (χ4v) is 3.43. The van der Waals surface area contributed by atoms with Gasteiger partial charge < -0.3 is 9.47 Å². The van der Waals surface area contributed by atoms with E-state index < -0.39 is 0 Å². The second-order valence-electron chi connectivity index (χ2n) is 6.47. The molecule has 3 heterocycles. The van der Waals surface area contributed by atoms with E-state index in [-0.39, 0.29) is 11.9 Å². The molecule has 24 heavy (non-hydrogen) atoms. The number of aryl methyl sites for hydroxylation is 3. The summed E-state index contributed by atoms with van der Waals surface area (Å²) in [7, 11) is 2.01. The lowest BCUT2D eigenvalue weighted by Crippen LogP contribution is -2.51. The van der Waals surface area contributed by atoms with Gasteiger partial charge in [0.25, 0.3) is 0 Å². The molecule has 130 valence electrons. The van der Waals surface area contributed by atoms with Gasteiger partial charge in [-0.15, -0.1) is 0 Å². The lowest BCUT2D eigenvalue weighted by Gasteiger charge is -2.40. The van der Waals surface area contributed by atoms with E-state index in [0.717, 1.165) is 36.8 Å². The van der Waals surface area contributed by atoms with Crippen molar-refractivity contribution in [2.24, 2.45) is 7.05 Å². The van der Waals surface area contributed by atoms with Crippen molar-refractivity contribution in [2.75, 3.05) is 26.2 Å². The Balaban J connectivity index is 1.74. The molecule has 1 amide bonds. The van der Waals surface area contributed by atoms with E-state index in [4.69, 9.17) is 0 Å². The Hall–Kier alpha value is -2.15. The molecule has 1 atom stereocenters. The second kappa shape index (κ2) is 6.76. The largest absolute Gasteiger partial charge is 0.338 e. The van der Waals surface area contributed by atoms with Crippen LogP contribution in [0.2, 0.25) is 0 Å². The summed E-state index contributed by atoms with van der Waals surface area (Å²) >= 11 is 0. The van der Waals surface area contributed by atoms with Crippen LogP contribution < -0.4 is 0 Å². The van der Waals surface area contributed by atoms with Gasteiger partial charge >= 0.3 is 0 Å². The first-order valence-corrected chi connectivity index (χ1v) is 8.49. The minimum atomic E-state index is 0.121. The zero-order valence-electron chi connectivity index (χ0n) is 14.9. The first-order chi connectivity index (χ1) is 11.5. The van der Waals surface area contributed by atoms with E-state index in [0.29, 0.717) is 13.1 Å². The highest BCUT2D eigenvalue weighted by molar-refractivity contribution is 5.76. The minimum Gasteiger partial charge on any atom is -0.338 e. The molecular weight excluding hydrogens is 304 g/mol. The molecule has 2 aromatic heterocycles. The highest BCUT2D eigenvalue weighted by atomic mass is 16.2. The number of piperazine rings is 1. The molecule has 0 bridgehead atoms. The number of rotatable bonds is 4. The predicted octanol–water partition coefficient (Wildman–Crippen LogP) is 1.14. The first kappa shape index (κ1) is 16.7. The van der Waals surface area contributed by atoms with E-state index in [9.17, 15) is 4.79 Å². The van der Waals surface area contributed by atoms with Gasteiger partial charge in [-0.1, -0.05) is 6.92 Å². The molecule has 1 aliphatic rings. The van der Waals surface area contributed by atoms with E-state index in [2.05, 4.69) is 21.9 Å². The zero-order valence-corrected chi connectivity index (χ0v) is 14.9. The van der Waals surface area contributed by atoms with Crippen LogP contribution in [-0.2, 0) is 18.4 Å². The molecule has 2 aromatic rings. The lowest BCUT2D eigenvalue weighted by atomic mass is 10.1. The third-order valence-corrected chi connectivity index (χ3v) is 4.79. The van der Waals surface area contributed by atoms with Crippen molar-refractivity contribution >= 4 is 5.91 Å². The maximum Gasteiger partial charge on any atom is 0.244 e. The normalized spacial score (nSPS) is 19.0. The Morgan fingerprint density at radius 3 is 2.71 bits per heavy atom. The fourth-order valence-electron chi connectivity index (χ4n) is 3.43. The maximum atomic E-state index is 12.7. The third kappa shape index (κ3) is 3.21. The van der Waals surface area contributed by atoms with Gasteiger partial charge in [0.1, 0.15) is 12.4 Å². The summed E-state index contributed by atoms with van der Waals surface area (Å²) in [6.45, 7) is 9.66. The number of nitrogens with zero attached hydrogens (tertiary/aromatic N) is 6. The van der Waals surface area contributed by atoms with Crippen LogP contribution in [0.4, 0.5) is 0 Å². The van der Waals surface area contributed by atoms with E-state index >= 15 is 0 Å². The smallest absolute Gasteiger partial charge is 0.244 e. The first-order valence-electron chi connectivity index (χ1n) is 8.49. The van der Waals surface area contributed by atoms with Crippen molar-refractivity contribution < 1.29 is 4.79 Å². The van der Waals surface area contributed by atoms with Crippen LogP contribution in [0, 0.1) is 13.8 Å². The molecule has 7 nitrogen and oxygen atoms in total. The van der Waals surface area contributed by atoms with Gasteiger partial charge in [-0.25, -0.2) is 4.98 Å². The molecule has 1 aliphatic heterocycles. The average Bonchev–Trinajstić information content (AvgIpc) is 3.12. The molecule has 0 radical (unpaired) electrons. The van der Waals surface area contributed by atoms with Gasteiger partial charge in [-0.3, -0.25) is 14.4 Å². The number of imidazole rings is 1. The van der Waals surface area contributed by atoms with Crippen LogP contribution in [0.5, 0.6) is 0 Å². The molecule has 0 aliphatic carbocycles. The van der Waals surface area contributed by atoms with Gasteiger partial charge in [0, 0.05) is 44.8 Å². The Morgan fingerprint density at radius 2 is 2.12 bits per heavy atom. The summed E-state index contributed by atoms with van der Waals surface area (Å²) in [6, 6.07) is 2.15. The van der Waals surface area contributed by atoms with Crippen molar-refractivity contribution in [1.82, 2.24) is 29.1 Å². The van der Waals surface area contributed by atoms with Crippen LogP contribution in [0.1, 0.15) is 30.2 Å². The van der Waals surface area contributed by atoms with E-state index in [1.807, 2.05) is 48.8 Å². The topological polar surface area (TPSA) is 59.2 Å². The lowest BCUT2D eigenvalue weighted by molar-refractivity contribution is -0.135. The van der Waals surface area contributed by atoms with Crippen molar-refractivity contribution in [2.45, 2.75) is 33.4 Å². The molecule has 1 fully saturated rings. The van der Waals surface area contributed by atoms with Crippen molar-refractivity contribution in [1.29, 1.82) is 0 Å². The third-order valence-electron chi connectivity index (χ3n) is 4.79. The number of likely N-dealkylation sites (N-methyl/N-ethyl adjacent to an activating group) is 1. The highest BCUT2D eigenvalue weighted by Gasteiger charge is 2.32. The Morgan fingerprint density at radius 1 is 1.33 bits per heavy atom. The van der Waals surface area contributed by atoms with Gasteiger partial charge in [0.05, 0.1) is 11.7 Å². The van der Waals surface area contributed by atoms with Crippen LogP contribution in [0.3, 0.4) is 0 Å². The van der Waals surface area contributed by atoms with Crippen LogP contribution >= 0.6 is 0 Å². The summed E-state index contributed by atoms with van der Waals surface area (Å²) in [5.74, 6) is 1.14. The monoisotopic (exact) mass is 330 g/mol. The summed E-state index contributed by atoms with van der Waals surface area (Å²) in [4.78, 5) is 21.6. The van der Waals surface area contributed by atoms with E-state index in [1.165, 1.54) is 0 Å². The SMILES string of the molecule is CCN1CCN(C(=O)Cn2nc(C)cc2C)CC1c1nccn1C. The second-order valence-corrected chi connectivity index (χ2v) is 6.47. The Labute approximate surface area is 142 Å². The summed E-state index contributed by atoms with van der Waals surface area (Å²) in [5, 5.41) is 4.40. The average molecular weight is 330 g/mol. The van der Waals surface area contributed by atoms with Gasteiger partial charge in [0.15, 0.2) is 0 Å². The van der Waals surface area contributed by atoms with Gasteiger partial charge in [-0.05, 0) is 26.5 Å². The molecular formula is C17H26N6O. The Bertz CT molecular complexity index is 718. The molecule has 1 saturated heterocycles. The molecule has 0 saturated carbocycles. The summed E-state index contributed by atoms with van der Waals surface area (Å²) < 4.78 is 3.84. The number of aromatic nitrogens is 4. The van der Waals surface area contributed by atoms with Crippen LogP contribution in [0.25, 0.3) is 0 Å². The van der Waals surface area contributed by atoms with Gasteiger partial charge in [0.2, 0.25) is 5.91 Å². The number of carbonyl (C=O) groups is 1. The molecule has 0 spiro atoms. The van der Waals surface area contributed by atoms with Crippen LogP contribution in [0.15, 0.2) is 18.5 Å². The highest BCUT2D eigenvalue weighted by Crippen LogP contribution is 2.24. The van der Waals surface area contributed by atoms with Crippen molar-refractivity contribution in [3.8, 4) is 0 Å².